The number of hydrogen-bond donors (Lipinski definition) is 1. The van der Waals surface area contributed by atoms with Crippen LogP contribution in [0.1, 0.15) is 13.3 Å². The molecule has 2 atom stereocenters. The van der Waals surface area contributed by atoms with Crippen LogP contribution < -0.4 is 0 Å². The number of nitrogens with zero attached hydrogens (tertiary/aromatic N) is 1. The van der Waals surface area contributed by atoms with E-state index in [4.69, 9.17) is 14.6 Å². The number of carbonyl (C=O) groups excluding carboxylic acids is 1. The van der Waals surface area contributed by atoms with Crippen LogP contribution in [0, 0.1) is 0 Å². The number of hydrogen-bond acceptors (Lipinski definition) is 4. The minimum Gasteiger partial charge on any atom is -0.480 e. The van der Waals surface area contributed by atoms with Crippen LogP contribution in [0.5, 0.6) is 0 Å². The third kappa shape index (κ3) is 2.59. The fraction of sp³-hybridized carbons (Fsp3) is 0.778. The van der Waals surface area contributed by atoms with Crippen LogP contribution in [0.25, 0.3) is 0 Å². The summed E-state index contributed by atoms with van der Waals surface area (Å²) in [4.78, 5) is 23.4. The van der Waals surface area contributed by atoms with Crippen LogP contribution >= 0.6 is 0 Å². The number of rotatable bonds is 5. The molecule has 6 heteroatoms. The van der Waals surface area contributed by atoms with Gasteiger partial charge in [-0.2, -0.15) is 0 Å². The summed E-state index contributed by atoms with van der Waals surface area (Å²) < 4.78 is 9.68. The quantitative estimate of drug-likeness (QED) is 0.671. The predicted molar refractivity (Wildman–Crippen MR) is 50.6 cm³/mol. The first-order valence-electron chi connectivity index (χ1n) is 4.77. The summed E-state index contributed by atoms with van der Waals surface area (Å²) >= 11 is 0. The average molecular weight is 217 g/mol. The number of ether oxygens (including phenoxy) is 2. The maximum absolute atomic E-state index is 11.3. The SMILES string of the molecule is COCCCN1C(=O)OC(C)C1C(=O)O. The highest BCUT2D eigenvalue weighted by Crippen LogP contribution is 2.19. The summed E-state index contributed by atoms with van der Waals surface area (Å²) in [5, 5.41) is 8.92. The van der Waals surface area contributed by atoms with Crippen LogP contribution in [0.2, 0.25) is 0 Å². The van der Waals surface area contributed by atoms with Crippen molar-refractivity contribution < 1.29 is 24.2 Å². The van der Waals surface area contributed by atoms with E-state index in [0.29, 0.717) is 19.6 Å². The first-order chi connectivity index (χ1) is 7.07. The molecule has 1 aliphatic rings. The Morgan fingerprint density at radius 2 is 2.33 bits per heavy atom. The molecule has 0 spiro atoms. The molecule has 6 nitrogen and oxygen atoms in total. The van der Waals surface area contributed by atoms with Gasteiger partial charge in [0.15, 0.2) is 6.04 Å². The number of carbonyl (C=O) groups is 2. The van der Waals surface area contributed by atoms with Crippen molar-refractivity contribution in [1.29, 1.82) is 0 Å². The second-order valence-corrected chi connectivity index (χ2v) is 3.41. The van der Waals surface area contributed by atoms with E-state index in [1.165, 1.54) is 4.90 Å². The first-order valence-corrected chi connectivity index (χ1v) is 4.77. The second kappa shape index (κ2) is 4.97. The molecule has 1 heterocycles. The Balaban J connectivity index is 2.58. The van der Waals surface area contributed by atoms with Crippen molar-refractivity contribution in [2.24, 2.45) is 0 Å². The highest BCUT2D eigenvalue weighted by atomic mass is 16.6. The zero-order valence-corrected chi connectivity index (χ0v) is 8.80. The zero-order valence-electron chi connectivity index (χ0n) is 8.80. The number of amides is 1. The van der Waals surface area contributed by atoms with E-state index >= 15 is 0 Å². The van der Waals surface area contributed by atoms with Gasteiger partial charge in [-0.25, -0.2) is 9.59 Å². The van der Waals surface area contributed by atoms with E-state index in [1.54, 1.807) is 14.0 Å². The van der Waals surface area contributed by atoms with Crippen molar-refractivity contribution in [2.45, 2.75) is 25.5 Å². The molecule has 0 aromatic heterocycles. The van der Waals surface area contributed by atoms with E-state index in [9.17, 15) is 9.59 Å². The van der Waals surface area contributed by atoms with Crippen molar-refractivity contribution in [1.82, 2.24) is 4.90 Å². The van der Waals surface area contributed by atoms with Crippen LogP contribution in [-0.2, 0) is 14.3 Å². The van der Waals surface area contributed by atoms with Gasteiger partial charge in [0.2, 0.25) is 0 Å². The molecule has 1 N–H and O–H groups in total. The van der Waals surface area contributed by atoms with Crippen molar-refractivity contribution in [2.75, 3.05) is 20.3 Å². The number of methoxy groups -OCH3 is 1. The van der Waals surface area contributed by atoms with E-state index in [0.717, 1.165) is 0 Å². The molecular weight excluding hydrogens is 202 g/mol. The normalized spacial score (nSPS) is 25.5. The van der Waals surface area contributed by atoms with E-state index in [-0.39, 0.29) is 0 Å². The van der Waals surface area contributed by atoms with Crippen molar-refractivity contribution in [3.63, 3.8) is 0 Å². The molecule has 1 fully saturated rings. The molecule has 0 aromatic carbocycles. The Kier molecular flexibility index (Phi) is 3.90. The lowest BCUT2D eigenvalue weighted by Gasteiger charge is -2.18. The summed E-state index contributed by atoms with van der Waals surface area (Å²) in [5.41, 5.74) is 0. The molecule has 2 unspecified atom stereocenters. The molecule has 0 saturated carbocycles. The smallest absolute Gasteiger partial charge is 0.411 e. The number of aliphatic carboxylic acids is 1. The third-order valence-electron chi connectivity index (χ3n) is 2.30. The van der Waals surface area contributed by atoms with Gasteiger partial charge in [-0.3, -0.25) is 4.90 Å². The molecule has 86 valence electrons. The van der Waals surface area contributed by atoms with Gasteiger partial charge in [0.05, 0.1) is 0 Å². The van der Waals surface area contributed by atoms with Crippen molar-refractivity contribution in [3.8, 4) is 0 Å². The molecule has 0 radical (unpaired) electrons. The van der Waals surface area contributed by atoms with Gasteiger partial charge < -0.3 is 14.6 Å². The Morgan fingerprint density at radius 1 is 1.67 bits per heavy atom. The molecule has 15 heavy (non-hydrogen) atoms. The highest BCUT2D eigenvalue weighted by Gasteiger charge is 2.43. The standard InChI is InChI=1S/C9H15NO5/c1-6-7(8(11)12)10(9(13)15-6)4-3-5-14-2/h6-7H,3-5H2,1-2H3,(H,11,12). The number of carboxylic acids is 1. The van der Waals surface area contributed by atoms with Crippen LogP contribution in [0.15, 0.2) is 0 Å². The lowest BCUT2D eigenvalue weighted by atomic mass is 10.2. The molecule has 1 amide bonds. The average Bonchev–Trinajstić information content (AvgIpc) is 2.42. The van der Waals surface area contributed by atoms with Gasteiger partial charge in [0, 0.05) is 20.3 Å². The minimum atomic E-state index is -1.04. The molecule has 0 aliphatic carbocycles. The molecule has 1 rings (SSSR count). The maximum Gasteiger partial charge on any atom is 0.411 e. The fourth-order valence-electron chi connectivity index (χ4n) is 1.60. The van der Waals surface area contributed by atoms with Gasteiger partial charge in [-0.05, 0) is 13.3 Å². The van der Waals surface area contributed by atoms with Gasteiger partial charge in [-0.1, -0.05) is 0 Å². The Morgan fingerprint density at radius 3 is 2.87 bits per heavy atom. The molecule has 0 aromatic rings. The van der Waals surface area contributed by atoms with E-state index in [2.05, 4.69) is 0 Å². The van der Waals surface area contributed by atoms with Crippen molar-refractivity contribution >= 4 is 12.1 Å². The lowest BCUT2D eigenvalue weighted by Crippen LogP contribution is -2.42. The minimum absolute atomic E-state index is 0.341. The summed E-state index contributed by atoms with van der Waals surface area (Å²) in [6.45, 7) is 2.41. The Hall–Kier alpha value is -1.30. The summed E-state index contributed by atoms with van der Waals surface area (Å²) in [6, 6.07) is -0.880. The monoisotopic (exact) mass is 217 g/mol. The van der Waals surface area contributed by atoms with Gasteiger partial charge in [0.1, 0.15) is 6.10 Å². The fourth-order valence-corrected chi connectivity index (χ4v) is 1.60. The third-order valence-corrected chi connectivity index (χ3v) is 2.30. The van der Waals surface area contributed by atoms with E-state index < -0.39 is 24.2 Å². The lowest BCUT2D eigenvalue weighted by molar-refractivity contribution is -0.142. The number of cyclic esters (lactones) is 1. The topological polar surface area (TPSA) is 76.1 Å². The van der Waals surface area contributed by atoms with Gasteiger partial charge in [0.25, 0.3) is 0 Å². The van der Waals surface area contributed by atoms with Gasteiger partial charge >= 0.3 is 12.1 Å². The zero-order chi connectivity index (χ0) is 11.4. The van der Waals surface area contributed by atoms with Crippen molar-refractivity contribution in [3.05, 3.63) is 0 Å². The molecule has 1 aliphatic heterocycles. The molecule has 1 saturated heterocycles. The van der Waals surface area contributed by atoms with Crippen LogP contribution in [0.4, 0.5) is 4.79 Å². The second-order valence-electron chi connectivity index (χ2n) is 3.41. The van der Waals surface area contributed by atoms with E-state index in [1.807, 2.05) is 0 Å². The van der Waals surface area contributed by atoms with Crippen LogP contribution in [-0.4, -0.2) is 54.5 Å². The Labute approximate surface area is 87.8 Å². The maximum atomic E-state index is 11.3. The predicted octanol–water partition coefficient (Wildman–Crippen LogP) is 0.317. The molecular formula is C9H15NO5. The summed E-state index contributed by atoms with van der Waals surface area (Å²) in [6.07, 6.45) is -0.564. The van der Waals surface area contributed by atoms with Gasteiger partial charge in [-0.15, -0.1) is 0 Å². The largest absolute Gasteiger partial charge is 0.480 e. The first kappa shape index (κ1) is 11.8. The molecule has 0 bridgehead atoms. The summed E-state index contributed by atoms with van der Waals surface area (Å²) in [7, 11) is 1.56. The highest BCUT2D eigenvalue weighted by molar-refractivity contribution is 5.83. The van der Waals surface area contributed by atoms with Crippen LogP contribution in [0.3, 0.4) is 0 Å². The Bertz CT molecular complexity index is 255. The number of carboxylic acid groups (broad SMARTS) is 1. The summed E-state index contributed by atoms with van der Waals surface area (Å²) in [5.74, 6) is -1.04.